The molecular weight excluding hydrogens is 283 g/mol. The summed E-state index contributed by atoms with van der Waals surface area (Å²) >= 11 is 11.7. The fourth-order valence-corrected chi connectivity index (χ4v) is 1.90. The number of rotatable bonds is 6. The van der Waals surface area contributed by atoms with Gasteiger partial charge in [-0.25, -0.2) is 0 Å². The van der Waals surface area contributed by atoms with E-state index in [4.69, 9.17) is 38.9 Å². The molecule has 1 rings (SSSR count). The molecule has 0 saturated carbocycles. The molecule has 0 fully saturated rings. The Morgan fingerprint density at radius 2 is 1.89 bits per heavy atom. The maximum absolute atomic E-state index is 8.90. The van der Waals surface area contributed by atoms with Gasteiger partial charge in [-0.1, -0.05) is 23.2 Å². The molecule has 1 aromatic rings. The first kappa shape index (κ1) is 15.9. The van der Waals surface area contributed by atoms with E-state index in [1.165, 1.54) is 0 Å². The minimum absolute atomic E-state index is 0.275. The summed E-state index contributed by atoms with van der Waals surface area (Å²) in [5.41, 5.74) is 5.99. The molecule has 2 N–H and O–H groups in total. The van der Waals surface area contributed by atoms with Gasteiger partial charge in [-0.3, -0.25) is 0 Å². The van der Waals surface area contributed by atoms with Crippen LogP contribution in [0.25, 0.3) is 0 Å². The molecule has 0 aromatic heterocycles. The second-order valence-corrected chi connectivity index (χ2v) is 5.92. The smallest absolute Gasteiger partial charge is 0.143 e. The number of nitriles is 1. The summed E-state index contributed by atoms with van der Waals surface area (Å²) in [6.45, 7) is 4.42. The molecule has 19 heavy (non-hydrogen) atoms. The molecule has 5 heteroatoms. The minimum Gasteiger partial charge on any atom is -0.491 e. The normalized spacial score (nSPS) is 11.1. The van der Waals surface area contributed by atoms with Crippen molar-refractivity contribution < 1.29 is 4.74 Å². The molecule has 0 amide bonds. The molecule has 0 aliphatic rings. The lowest BCUT2D eigenvalue weighted by Crippen LogP contribution is -2.08. The Morgan fingerprint density at radius 1 is 1.26 bits per heavy atom. The van der Waals surface area contributed by atoms with Crippen molar-refractivity contribution in [2.45, 2.75) is 33.1 Å². The van der Waals surface area contributed by atoms with Crippen LogP contribution in [0.4, 0.5) is 5.69 Å². The summed E-state index contributed by atoms with van der Waals surface area (Å²) in [6.07, 6.45) is 2.65. The predicted molar refractivity (Wildman–Crippen MR) is 79.6 cm³/mol. The standard InChI is InChI=1S/C14H18Cl2N2O/c1-14(2,9-17)5-3-4-6-19-13-8-11(16)10(15)7-12(13)18/h7-8H,3-6,18H2,1-2H3. The second kappa shape index (κ2) is 6.88. The van der Waals surface area contributed by atoms with Crippen molar-refractivity contribution >= 4 is 28.9 Å². The topological polar surface area (TPSA) is 59.0 Å². The van der Waals surface area contributed by atoms with Crippen LogP contribution in [0.3, 0.4) is 0 Å². The molecule has 0 spiro atoms. The molecule has 0 saturated heterocycles. The van der Waals surface area contributed by atoms with E-state index in [2.05, 4.69) is 6.07 Å². The molecule has 0 atom stereocenters. The van der Waals surface area contributed by atoms with Crippen molar-refractivity contribution in [2.24, 2.45) is 5.41 Å². The number of benzene rings is 1. The molecule has 3 nitrogen and oxygen atoms in total. The lowest BCUT2D eigenvalue weighted by atomic mass is 9.89. The van der Waals surface area contributed by atoms with E-state index in [0.717, 1.165) is 19.3 Å². The van der Waals surface area contributed by atoms with Crippen LogP contribution in [0.1, 0.15) is 33.1 Å². The van der Waals surface area contributed by atoms with Gasteiger partial charge in [-0.15, -0.1) is 0 Å². The van der Waals surface area contributed by atoms with Gasteiger partial charge in [0.25, 0.3) is 0 Å². The number of unbranched alkanes of at least 4 members (excludes halogenated alkanes) is 1. The number of nitrogens with two attached hydrogens (primary N) is 1. The average Bonchev–Trinajstić information content (AvgIpc) is 2.35. The highest BCUT2D eigenvalue weighted by Crippen LogP contribution is 2.32. The van der Waals surface area contributed by atoms with Crippen molar-refractivity contribution in [3.05, 3.63) is 22.2 Å². The van der Waals surface area contributed by atoms with Gasteiger partial charge in [0.1, 0.15) is 5.75 Å². The van der Waals surface area contributed by atoms with Crippen LogP contribution in [-0.4, -0.2) is 6.61 Å². The van der Waals surface area contributed by atoms with Gasteiger partial charge in [0, 0.05) is 6.07 Å². The Kier molecular flexibility index (Phi) is 5.78. The van der Waals surface area contributed by atoms with E-state index in [9.17, 15) is 0 Å². The van der Waals surface area contributed by atoms with Crippen LogP contribution >= 0.6 is 23.2 Å². The van der Waals surface area contributed by atoms with Gasteiger partial charge >= 0.3 is 0 Å². The number of nitrogen functional groups attached to an aromatic ring is 1. The van der Waals surface area contributed by atoms with E-state index in [0.29, 0.717) is 28.1 Å². The zero-order valence-corrected chi connectivity index (χ0v) is 12.7. The van der Waals surface area contributed by atoms with Crippen LogP contribution in [0, 0.1) is 16.7 Å². The quantitative estimate of drug-likeness (QED) is 0.613. The Hall–Kier alpha value is -1.11. The zero-order chi connectivity index (χ0) is 14.5. The number of nitrogens with zero attached hydrogens (tertiary/aromatic N) is 1. The monoisotopic (exact) mass is 300 g/mol. The van der Waals surface area contributed by atoms with Crippen molar-refractivity contribution in [1.82, 2.24) is 0 Å². The van der Waals surface area contributed by atoms with Crippen molar-refractivity contribution in [3.8, 4) is 11.8 Å². The first-order chi connectivity index (χ1) is 8.85. The van der Waals surface area contributed by atoms with Gasteiger partial charge in [0.05, 0.1) is 33.8 Å². The lowest BCUT2D eigenvalue weighted by molar-refractivity contribution is 0.296. The molecule has 104 valence electrons. The van der Waals surface area contributed by atoms with Crippen LogP contribution in [0.2, 0.25) is 10.0 Å². The number of anilines is 1. The van der Waals surface area contributed by atoms with Crippen molar-refractivity contribution in [3.63, 3.8) is 0 Å². The summed E-state index contributed by atoms with van der Waals surface area (Å²) in [6, 6.07) is 5.48. The number of ether oxygens (including phenoxy) is 1. The Bertz CT molecular complexity index is 481. The SMILES string of the molecule is CC(C)(C#N)CCCCOc1cc(Cl)c(Cl)cc1N. The molecule has 1 aromatic carbocycles. The molecule has 0 unspecified atom stereocenters. The van der Waals surface area contributed by atoms with Crippen LogP contribution in [0.5, 0.6) is 5.75 Å². The first-order valence-corrected chi connectivity index (χ1v) is 6.90. The number of hydrogen-bond acceptors (Lipinski definition) is 3. The maximum atomic E-state index is 8.90. The minimum atomic E-state index is -0.275. The highest BCUT2D eigenvalue weighted by molar-refractivity contribution is 6.42. The molecule has 0 aliphatic heterocycles. The largest absolute Gasteiger partial charge is 0.491 e. The third kappa shape index (κ3) is 5.18. The summed E-state index contributed by atoms with van der Waals surface area (Å²) in [4.78, 5) is 0. The van der Waals surface area contributed by atoms with Crippen LogP contribution in [0.15, 0.2) is 12.1 Å². The van der Waals surface area contributed by atoms with Crippen LogP contribution < -0.4 is 10.5 Å². The van der Waals surface area contributed by atoms with Crippen molar-refractivity contribution in [1.29, 1.82) is 5.26 Å². The third-order valence-electron chi connectivity index (χ3n) is 2.81. The number of halogens is 2. The summed E-state index contributed by atoms with van der Waals surface area (Å²) in [5, 5.41) is 9.74. The van der Waals surface area contributed by atoms with E-state index < -0.39 is 0 Å². The molecular formula is C14H18Cl2N2O. The average molecular weight is 301 g/mol. The third-order valence-corrected chi connectivity index (χ3v) is 3.53. The predicted octanol–water partition coefficient (Wildman–Crippen LogP) is 4.67. The number of hydrogen-bond donors (Lipinski definition) is 1. The fraction of sp³-hybridized carbons (Fsp3) is 0.500. The Balaban J connectivity index is 2.39. The Morgan fingerprint density at radius 3 is 2.53 bits per heavy atom. The fourth-order valence-electron chi connectivity index (χ4n) is 1.58. The summed E-state index contributed by atoms with van der Waals surface area (Å²) in [7, 11) is 0. The zero-order valence-electron chi connectivity index (χ0n) is 11.2. The highest BCUT2D eigenvalue weighted by Gasteiger charge is 2.15. The summed E-state index contributed by atoms with van der Waals surface area (Å²) < 4.78 is 5.57. The molecule has 0 radical (unpaired) electrons. The van der Waals surface area contributed by atoms with Gasteiger partial charge in [-0.2, -0.15) is 5.26 Å². The van der Waals surface area contributed by atoms with E-state index in [-0.39, 0.29) is 5.41 Å². The molecule has 0 heterocycles. The van der Waals surface area contributed by atoms with Crippen LogP contribution in [-0.2, 0) is 0 Å². The van der Waals surface area contributed by atoms with Gasteiger partial charge in [-0.05, 0) is 39.2 Å². The lowest BCUT2D eigenvalue weighted by Gasteiger charge is -2.15. The molecule has 0 aliphatic carbocycles. The van der Waals surface area contributed by atoms with E-state index >= 15 is 0 Å². The first-order valence-electron chi connectivity index (χ1n) is 6.14. The van der Waals surface area contributed by atoms with E-state index in [1.807, 2.05) is 13.8 Å². The van der Waals surface area contributed by atoms with Gasteiger partial charge < -0.3 is 10.5 Å². The van der Waals surface area contributed by atoms with Crippen molar-refractivity contribution in [2.75, 3.05) is 12.3 Å². The maximum Gasteiger partial charge on any atom is 0.143 e. The summed E-state index contributed by atoms with van der Waals surface area (Å²) in [5.74, 6) is 0.550. The second-order valence-electron chi connectivity index (χ2n) is 5.11. The Labute approximate surface area is 124 Å². The highest BCUT2D eigenvalue weighted by atomic mass is 35.5. The van der Waals surface area contributed by atoms with Gasteiger partial charge in [0.15, 0.2) is 0 Å². The molecule has 0 bridgehead atoms. The van der Waals surface area contributed by atoms with E-state index in [1.54, 1.807) is 12.1 Å². The van der Waals surface area contributed by atoms with Gasteiger partial charge in [0.2, 0.25) is 0 Å².